The van der Waals surface area contributed by atoms with Gasteiger partial charge in [-0.05, 0) is 59.9 Å². The SMILES string of the molecule is C=C(/C(Br)=C(/c1ccc(-c2cccc(S(C)(=O)=O)c2)[nH]1)N(C)CC(=O)OCCN(C)C)C(F)(F)F. The first-order chi connectivity index (χ1) is 16.1. The van der Waals surface area contributed by atoms with E-state index in [0.717, 1.165) is 6.26 Å². The summed E-state index contributed by atoms with van der Waals surface area (Å²) in [4.78, 5) is 18.6. The van der Waals surface area contributed by atoms with E-state index in [1.54, 1.807) is 18.2 Å². The van der Waals surface area contributed by atoms with Crippen molar-refractivity contribution in [3.63, 3.8) is 0 Å². The summed E-state index contributed by atoms with van der Waals surface area (Å²) in [6.07, 6.45) is -3.63. The number of esters is 1. The van der Waals surface area contributed by atoms with Crippen LogP contribution in [0.1, 0.15) is 5.69 Å². The molecule has 0 atom stereocenters. The molecule has 1 aromatic carbocycles. The third-order valence-corrected chi connectivity index (χ3v) is 6.84. The molecule has 0 aliphatic rings. The zero-order valence-electron chi connectivity index (χ0n) is 19.7. The van der Waals surface area contributed by atoms with Gasteiger partial charge in [0.1, 0.15) is 13.2 Å². The molecule has 192 valence electrons. The molecule has 35 heavy (non-hydrogen) atoms. The number of nitrogens with zero attached hydrogens (tertiary/aromatic N) is 2. The van der Waals surface area contributed by atoms with E-state index >= 15 is 0 Å². The van der Waals surface area contributed by atoms with Crippen LogP contribution in [0.2, 0.25) is 0 Å². The summed E-state index contributed by atoms with van der Waals surface area (Å²) in [5, 5.41) is 0. The maximum absolute atomic E-state index is 13.4. The highest BCUT2D eigenvalue weighted by Gasteiger charge is 2.36. The fraction of sp³-hybridized carbons (Fsp3) is 0.348. The number of aromatic amines is 1. The van der Waals surface area contributed by atoms with E-state index in [-0.39, 0.29) is 33.9 Å². The van der Waals surface area contributed by atoms with Gasteiger partial charge in [0.15, 0.2) is 9.84 Å². The van der Waals surface area contributed by atoms with Crippen LogP contribution in [-0.4, -0.2) is 82.4 Å². The monoisotopic (exact) mass is 577 g/mol. The maximum Gasteiger partial charge on any atom is 0.417 e. The lowest BCUT2D eigenvalue weighted by Gasteiger charge is -2.24. The number of halogens is 4. The quantitative estimate of drug-likeness (QED) is 0.335. The molecule has 0 amide bonds. The topological polar surface area (TPSA) is 82.7 Å². The number of aromatic nitrogens is 1. The Labute approximate surface area is 211 Å². The molecule has 0 saturated carbocycles. The summed E-state index contributed by atoms with van der Waals surface area (Å²) in [6.45, 7) is 3.47. The number of hydrogen-bond acceptors (Lipinski definition) is 6. The van der Waals surface area contributed by atoms with E-state index in [1.807, 2.05) is 19.0 Å². The predicted molar refractivity (Wildman–Crippen MR) is 133 cm³/mol. The fourth-order valence-electron chi connectivity index (χ4n) is 3.02. The van der Waals surface area contributed by atoms with Crippen LogP contribution < -0.4 is 0 Å². The maximum atomic E-state index is 13.4. The minimum absolute atomic E-state index is 0.0300. The predicted octanol–water partition coefficient (Wildman–Crippen LogP) is 4.30. The average Bonchev–Trinajstić information content (AvgIpc) is 3.21. The van der Waals surface area contributed by atoms with Crippen LogP contribution in [0.5, 0.6) is 0 Å². The molecule has 1 heterocycles. The zero-order chi connectivity index (χ0) is 26.6. The summed E-state index contributed by atoms with van der Waals surface area (Å²) < 4.78 is 68.9. The molecule has 0 aliphatic carbocycles. The third-order valence-electron chi connectivity index (χ3n) is 4.88. The van der Waals surface area contributed by atoms with Gasteiger partial charge in [-0.25, -0.2) is 8.42 Å². The minimum Gasteiger partial charge on any atom is -0.463 e. The minimum atomic E-state index is -4.71. The van der Waals surface area contributed by atoms with E-state index in [9.17, 15) is 26.4 Å². The first-order valence-electron chi connectivity index (χ1n) is 10.3. The van der Waals surface area contributed by atoms with E-state index in [4.69, 9.17) is 4.74 Å². The molecule has 7 nitrogen and oxygen atoms in total. The summed E-state index contributed by atoms with van der Waals surface area (Å²) >= 11 is 3.01. The van der Waals surface area contributed by atoms with Crippen molar-refractivity contribution in [3.8, 4) is 11.3 Å². The highest BCUT2D eigenvalue weighted by atomic mass is 79.9. The summed E-state index contributed by atoms with van der Waals surface area (Å²) in [5.74, 6) is -0.614. The lowest BCUT2D eigenvalue weighted by atomic mass is 10.1. The second kappa shape index (κ2) is 11.4. The Hall–Kier alpha value is -2.57. The molecule has 0 aliphatic heterocycles. The van der Waals surface area contributed by atoms with Gasteiger partial charge in [0.05, 0.1) is 26.3 Å². The van der Waals surface area contributed by atoms with Gasteiger partial charge in [-0.2, -0.15) is 13.2 Å². The molecular weight excluding hydrogens is 551 g/mol. The first-order valence-corrected chi connectivity index (χ1v) is 13.0. The van der Waals surface area contributed by atoms with Crippen molar-refractivity contribution in [2.75, 3.05) is 47.1 Å². The highest BCUT2D eigenvalue weighted by molar-refractivity contribution is 9.12. The number of benzene rings is 1. The van der Waals surface area contributed by atoms with Gasteiger partial charge >= 0.3 is 12.1 Å². The second-order valence-electron chi connectivity index (χ2n) is 8.10. The number of carbonyl (C=O) groups excluding carboxylic acids is 1. The van der Waals surface area contributed by atoms with Crippen molar-refractivity contribution in [3.05, 3.63) is 58.7 Å². The Kier molecular flexibility index (Phi) is 9.37. The fourth-order valence-corrected chi connectivity index (χ4v) is 4.42. The molecule has 12 heteroatoms. The Balaban J connectivity index is 2.45. The van der Waals surface area contributed by atoms with Gasteiger partial charge in [-0.3, -0.25) is 4.79 Å². The average molecular weight is 578 g/mol. The number of hydrogen-bond donors (Lipinski definition) is 1. The highest BCUT2D eigenvalue weighted by Crippen LogP contribution is 2.38. The molecule has 1 N–H and O–H groups in total. The number of ether oxygens (including phenoxy) is 1. The molecule has 2 aromatic rings. The number of carbonyl (C=O) groups is 1. The standard InChI is InChI=1S/C23H27BrF3N3O4S/c1-15(23(25,26)27)21(24)22(30(4)14-20(31)34-12-11-29(2)3)19-10-9-18(28-19)16-7-6-8-17(13-16)35(5,32)33/h6-10,13,28H,1,11-12,14H2,2-5H3/b22-21+. The molecular formula is C23H27BrF3N3O4S. The molecule has 0 bridgehead atoms. The van der Waals surface area contributed by atoms with E-state index in [2.05, 4.69) is 27.5 Å². The number of likely N-dealkylation sites (N-methyl/N-ethyl adjacent to an activating group) is 2. The summed E-state index contributed by atoms with van der Waals surface area (Å²) in [6, 6.07) is 9.30. The lowest BCUT2D eigenvalue weighted by Crippen LogP contribution is -2.29. The number of H-pyrrole nitrogens is 1. The van der Waals surface area contributed by atoms with Crippen molar-refractivity contribution >= 4 is 37.4 Å². The van der Waals surface area contributed by atoms with Crippen LogP contribution in [-0.2, 0) is 19.4 Å². The number of alkyl halides is 3. The van der Waals surface area contributed by atoms with Crippen molar-refractivity contribution in [2.45, 2.75) is 11.1 Å². The normalized spacial score (nSPS) is 12.9. The van der Waals surface area contributed by atoms with Gasteiger partial charge in [0, 0.05) is 25.5 Å². The van der Waals surface area contributed by atoms with Crippen LogP contribution in [0.4, 0.5) is 13.2 Å². The molecule has 0 spiro atoms. The zero-order valence-corrected chi connectivity index (χ0v) is 22.1. The van der Waals surface area contributed by atoms with Gasteiger partial charge in [0.2, 0.25) is 0 Å². The molecule has 0 radical (unpaired) electrons. The van der Waals surface area contributed by atoms with Crippen molar-refractivity contribution in [1.29, 1.82) is 0 Å². The number of nitrogens with one attached hydrogen (secondary N) is 1. The number of sulfone groups is 1. The second-order valence-corrected chi connectivity index (χ2v) is 10.9. The van der Waals surface area contributed by atoms with Crippen LogP contribution in [0.25, 0.3) is 17.0 Å². The Morgan fingerprint density at radius 2 is 1.83 bits per heavy atom. The smallest absolute Gasteiger partial charge is 0.417 e. The van der Waals surface area contributed by atoms with Gasteiger partial charge < -0.3 is 19.5 Å². The number of rotatable bonds is 10. The molecule has 1 aromatic heterocycles. The van der Waals surface area contributed by atoms with Crippen LogP contribution in [0.15, 0.2) is 57.9 Å². The molecule has 0 saturated heterocycles. The molecule has 0 unspecified atom stereocenters. The lowest BCUT2D eigenvalue weighted by molar-refractivity contribution is -0.144. The van der Waals surface area contributed by atoms with E-state index < -0.39 is 27.6 Å². The van der Waals surface area contributed by atoms with Gasteiger partial charge in [0.25, 0.3) is 0 Å². The van der Waals surface area contributed by atoms with Crippen LogP contribution in [0, 0.1) is 0 Å². The largest absolute Gasteiger partial charge is 0.463 e. The Morgan fingerprint density at radius 3 is 2.40 bits per heavy atom. The van der Waals surface area contributed by atoms with Crippen molar-refractivity contribution < 1.29 is 31.1 Å². The van der Waals surface area contributed by atoms with E-state index in [0.29, 0.717) is 17.8 Å². The van der Waals surface area contributed by atoms with Crippen molar-refractivity contribution in [1.82, 2.24) is 14.8 Å². The summed E-state index contributed by atoms with van der Waals surface area (Å²) in [5.41, 5.74) is 0.154. The Morgan fingerprint density at radius 1 is 1.17 bits per heavy atom. The summed E-state index contributed by atoms with van der Waals surface area (Å²) in [7, 11) is 1.63. The first kappa shape index (κ1) is 28.7. The number of allylic oxidation sites excluding steroid dienone is 2. The van der Waals surface area contributed by atoms with Crippen molar-refractivity contribution in [2.24, 2.45) is 0 Å². The Bertz CT molecular complexity index is 1220. The van der Waals surface area contributed by atoms with Crippen LogP contribution in [0.3, 0.4) is 0 Å². The van der Waals surface area contributed by atoms with Gasteiger partial charge in [-0.15, -0.1) is 0 Å². The van der Waals surface area contributed by atoms with E-state index in [1.165, 1.54) is 30.1 Å². The van der Waals surface area contributed by atoms with Gasteiger partial charge in [-0.1, -0.05) is 18.7 Å². The van der Waals surface area contributed by atoms with Crippen LogP contribution >= 0.6 is 15.9 Å². The molecule has 0 fully saturated rings. The third kappa shape index (κ3) is 7.97. The molecule has 2 rings (SSSR count).